The highest BCUT2D eigenvalue weighted by Gasteiger charge is 2.22. The van der Waals surface area contributed by atoms with Gasteiger partial charge in [0.1, 0.15) is 0 Å². The Labute approximate surface area is 122 Å². The maximum Gasteiger partial charge on any atom is 0.0618 e. The van der Waals surface area contributed by atoms with Gasteiger partial charge in [-0.2, -0.15) is 0 Å². The van der Waals surface area contributed by atoms with Gasteiger partial charge >= 0.3 is 0 Å². The monoisotopic (exact) mass is 278 g/mol. The summed E-state index contributed by atoms with van der Waals surface area (Å²) in [4.78, 5) is 5.59. The summed E-state index contributed by atoms with van der Waals surface area (Å²) in [6.45, 7) is 0. The van der Waals surface area contributed by atoms with Crippen LogP contribution in [0.1, 0.15) is 11.6 Å². The minimum atomic E-state index is 0.384. The smallest absolute Gasteiger partial charge is 0.0618 e. The molecule has 0 aliphatic carbocycles. The molecule has 0 spiro atoms. The lowest BCUT2D eigenvalue weighted by atomic mass is 10.1. The second-order valence-electron chi connectivity index (χ2n) is 4.95. The van der Waals surface area contributed by atoms with Crippen molar-refractivity contribution in [1.29, 1.82) is 0 Å². The van der Waals surface area contributed by atoms with E-state index in [0.29, 0.717) is 6.04 Å². The van der Waals surface area contributed by atoms with E-state index in [1.165, 1.54) is 26.9 Å². The molecule has 1 aliphatic heterocycles. The minimum absolute atomic E-state index is 0.384. The third-order valence-corrected chi connectivity index (χ3v) is 4.89. The Kier molecular flexibility index (Phi) is 2.85. The van der Waals surface area contributed by atoms with Gasteiger partial charge in [0, 0.05) is 39.5 Å². The Bertz CT molecular complexity index is 764. The molecular formula is C17H14N2S. The third-order valence-electron chi connectivity index (χ3n) is 3.71. The van der Waals surface area contributed by atoms with Gasteiger partial charge in [-0.15, -0.1) is 11.8 Å². The molecule has 3 heteroatoms. The lowest BCUT2D eigenvalue weighted by Gasteiger charge is -2.16. The Hall–Kier alpha value is -2.00. The highest BCUT2D eigenvalue weighted by atomic mass is 32.2. The number of rotatable bonds is 2. The highest BCUT2D eigenvalue weighted by Crippen LogP contribution is 2.40. The van der Waals surface area contributed by atoms with Crippen molar-refractivity contribution in [3.8, 4) is 0 Å². The summed E-state index contributed by atoms with van der Waals surface area (Å²) in [5, 5.41) is 6.10. The van der Waals surface area contributed by atoms with Crippen molar-refractivity contribution in [3.05, 3.63) is 66.5 Å². The van der Waals surface area contributed by atoms with Gasteiger partial charge < -0.3 is 5.32 Å². The van der Waals surface area contributed by atoms with Gasteiger partial charge in [-0.3, -0.25) is 4.98 Å². The fourth-order valence-corrected chi connectivity index (χ4v) is 3.88. The first-order chi connectivity index (χ1) is 9.92. The molecular weight excluding hydrogens is 264 g/mol. The van der Waals surface area contributed by atoms with Crippen LogP contribution in [-0.4, -0.2) is 10.7 Å². The van der Waals surface area contributed by atoms with Crippen molar-refractivity contribution in [2.45, 2.75) is 10.9 Å². The molecule has 20 heavy (non-hydrogen) atoms. The third kappa shape index (κ3) is 1.95. The van der Waals surface area contributed by atoms with E-state index in [2.05, 4.69) is 58.8 Å². The van der Waals surface area contributed by atoms with Crippen molar-refractivity contribution in [2.24, 2.45) is 0 Å². The van der Waals surface area contributed by atoms with E-state index in [9.17, 15) is 0 Å². The number of anilines is 1. The molecule has 1 aliphatic rings. The van der Waals surface area contributed by atoms with Crippen molar-refractivity contribution >= 4 is 28.2 Å². The summed E-state index contributed by atoms with van der Waals surface area (Å²) in [5.74, 6) is 1.08. The van der Waals surface area contributed by atoms with Crippen molar-refractivity contribution in [3.63, 3.8) is 0 Å². The molecule has 0 radical (unpaired) electrons. The van der Waals surface area contributed by atoms with E-state index in [1.807, 2.05) is 24.2 Å². The van der Waals surface area contributed by atoms with Crippen molar-refractivity contribution < 1.29 is 0 Å². The summed E-state index contributed by atoms with van der Waals surface area (Å²) < 4.78 is 0. The molecule has 0 saturated heterocycles. The van der Waals surface area contributed by atoms with Gasteiger partial charge in [-0.05, 0) is 23.8 Å². The number of thioether (sulfide) groups is 1. The van der Waals surface area contributed by atoms with Crippen LogP contribution in [0.5, 0.6) is 0 Å². The van der Waals surface area contributed by atoms with Gasteiger partial charge in [0.25, 0.3) is 0 Å². The first kappa shape index (κ1) is 11.8. The fraction of sp³-hybridized carbons (Fsp3) is 0.118. The van der Waals surface area contributed by atoms with E-state index in [-0.39, 0.29) is 0 Å². The molecule has 0 bridgehead atoms. The molecule has 2 heterocycles. The van der Waals surface area contributed by atoms with Gasteiger partial charge in [0.2, 0.25) is 0 Å². The highest BCUT2D eigenvalue weighted by molar-refractivity contribution is 7.99. The van der Waals surface area contributed by atoms with Crippen LogP contribution in [0.25, 0.3) is 10.8 Å². The van der Waals surface area contributed by atoms with Crippen LogP contribution in [0, 0.1) is 0 Å². The van der Waals surface area contributed by atoms with Crippen LogP contribution in [0.4, 0.5) is 5.69 Å². The zero-order valence-electron chi connectivity index (χ0n) is 10.9. The zero-order valence-corrected chi connectivity index (χ0v) is 11.7. The second-order valence-corrected chi connectivity index (χ2v) is 6.01. The number of pyridine rings is 1. The first-order valence-corrected chi connectivity index (χ1v) is 7.71. The Morgan fingerprint density at radius 1 is 1.05 bits per heavy atom. The Morgan fingerprint density at radius 2 is 2.00 bits per heavy atom. The molecule has 3 aromatic rings. The SMILES string of the molecule is c1ccc2c(c1)SCC2Nc1cccc2cnccc12. The maximum atomic E-state index is 4.19. The van der Waals surface area contributed by atoms with Gasteiger partial charge in [-0.1, -0.05) is 30.3 Å². The number of nitrogens with one attached hydrogen (secondary N) is 1. The lowest BCUT2D eigenvalue weighted by Crippen LogP contribution is -2.09. The zero-order chi connectivity index (χ0) is 13.4. The van der Waals surface area contributed by atoms with Crippen LogP contribution < -0.4 is 5.32 Å². The first-order valence-electron chi connectivity index (χ1n) is 6.73. The number of hydrogen-bond acceptors (Lipinski definition) is 3. The number of fused-ring (bicyclic) bond motifs is 2. The summed E-state index contributed by atoms with van der Waals surface area (Å²) >= 11 is 1.93. The van der Waals surface area contributed by atoms with Gasteiger partial charge in [0.05, 0.1) is 6.04 Å². The standard InChI is InChI=1S/C17H14N2S/c1-2-7-17-14(5-1)16(11-20-17)19-15-6-3-4-12-10-18-9-8-13(12)15/h1-10,16,19H,11H2. The summed E-state index contributed by atoms with van der Waals surface area (Å²) in [6, 6.07) is 17.4. The predicted molar refractivity (Wildman–Crippen MR) is 85.3 cm³/mol. The topological polar surface area (TPSA) is 24.9 Å². The molecule has 0 saturated carbocycles. The average Bonchev–Trinajstić information content (AvgIpc) is 2.91. The Balaban J connectivity index is 1.73. The number of nitrogens with zero attached hydrogens (tertiary/aromatic N) is 1. The van der Waals surface area contributed by atoms with Crippen LogP contribution in [-0.2, 0) is 0 Å². The van der Waals surface area contributed by atoms with E-state index in [4.69, 9.17) is 0 Å². The molecule has 2 aromatic carbocycles. The molecule has 0 amide bonds. The summed E-state index contributed by atoms with van der Waals surface area (Å²) in [6.07, 6.45) is 3.77. The Morgan fingerprint density at radius 3 is 3.00 bits per heavy atom. The van der Waals surface area contributed by atoms with E-state index < -0.39 is 0 Å². The average molecular weight is 278 g/mol. The molecule has 0 fully saturated rings. The van der Waals surface area contributed by atoms with E-state index in [1.54, 1.807) is 0 Å². The van der Waals surface area contributed by atoms with Crippen LogP contribution in [0.3, 0.4) is 0 Å². The largest absolute Gasteiger partial charge is 0.377 e. The molecule has 2 nitrogen and oxygen atoms in total. The number of aromatic nitrogens is 1. The fourth-order valence-electron chi connectivity index (χ4n) is 2.72. The van der Waals surface area contributed by atoms with Crippen LogP contribution in [0.15, 0.2) is 65.8 Å². The van der Waals surface area contributed by atoms with E-state index in [0.717, 1.165) is 5.75 Å². The molecule has 4 rings (SSSR count). The molecule has 1 N–H and O–H groups in total. The summed E-state index contributed by atoms with van der Waals surface area (Å²) in [7, 11) is 0. The van der Waals surface area contributed by atoms with Crippen LogP contribution in [0.2, 0.25) is 0 Å². The summed E-state index contributed by atoms with van der Waals surface area (Å²) in [5.41, 5.74) is 2.59. The predicted octanol–water partition coefficient (Wildman–Crippen LogP) is 4.49. The molecule has 1 atom stereocenters. The molecule has 1 unspecified atom stereocenters. The molecule has 1 aromatic heterocycles. The van der Waals surface area contributed by atoms with Crippen molar-refractivity contribution in [2.75, 3.05) is 11.1 Å². The van der Waals surface area contributed by atoms with Gasteiger partial charge in [0.15, 0.2) is 0 Å². The normalized spacial score (nSPS) is 17.1. The van der Waals surface area contributed by atoms with Gasteiger partial charge in [-0.25, -0.2) is 0 Å². The maximum absolute atomic E-state index is 4.19. The molecule has 98 valence electrons. The lowest BCUT2D eigenvalue weighted by molar-refractivity contribution is 0.902. The van der Waals surface area contributed by atoms with E-state index >= 15 is 0 Å². The van der Waals surface area contributed by atoms with Crippen LogP contribution >= 0.6 is 11.8 Å². The minimum Gasteiger partial charge on any atom is -0.377 e. The van der Waals surface area contributed by atoms with Crippen molar-refractivity contribution in [1.82, 2.24) is 4.98 Å². The quantitative estimate of drug-likeness (QED) is 0.747. The number of hydrogen-bond donors (Lipinski definition) is 1. The number of benzene rings is 2. The second kappa shape index (κ2) is 4.84.